The van der Waals surface area contributed by atoms with Crippen LogP contribution >= 0.6 is 15.9 Å². The quantitative estimate of drug-likeness (QED) is 0.714. The van der Waals surface area contributed by atoms with Crippen molar-refractivity contribution in [2.45, 2.75) is 20.5 Å². The maximum absolute atomic E-state index is 5.70. The Kier molecular flexibility index (Phi) is 5.96. The third-order valence-electron chi connectivity index (χ3n) is 2.58. The Bertz CT molecular complexity index is 258. The molecule has 1 nitrogen and oxygen atoms in total. The van der Waals surface area contributed by atoms with Gasteiger partial charge in [-0.1, -0.05) is 60.1 Å². The minimum absolute atomic E-state index is 0.605. The maximum atomic E-state index is 5.70. The van der Waals surface area contributed by atoms with Crippen LogP contribution in [0.15, 0.2) is 30.3 Å². The first-order valence-electron chi connectivity index (χ1n) is 5.41. The number of ether oxygens (including phenoxy) is 1. The molecule has 0 saturated carbocycles. The van der Waals surface area contributed by atoms with Gasteiger partial charge in [0.2, 0.25) is 0 Å². The Morgan fingerprint density at radius 1 is 1.20 bits per heavy atom. The van der Waals surface area contributed by atoms with Gasteiger partial charge in [-0.25, -0.2) is 0 Å². The number of alkyl halides is 1. The third kappa shape index (κ3) is 4.80. The molecule has 1 atom stereocenters. The van der Waals surface area contributed by atoms with E-state index in [2.05, 4.69) is 41.9 Å². The molecule has 0 aliphatic carbocycles. The first-order chi connectivity index (χ1) is 7.24. The molecule has 1 aromatic rings. The third-order valence-corrected chi connectivity index (χ3v) is 3.42. The maximum Gasteiger partial charge on any atom is 0.0717 e. The highest BCUT2D eigenvalue weighted by atomic mass is 79.9. The van der Waals surface area contributed by atoms with E-state index in [1.165, 1.54) is 5.56 Å². The van der Waals surface area contributed by atoms with Crippen LogP contribution in [-0.4, -0.2) is 11.9 Å². The fraction of sp³-hybridized carbons (Fsp3) is 0.538. The molecule has 0 aliphatic rings. The minimum atomic E-state index is 0.605. The van der Waals surface area contributed by atoms with Crippen molar-refractivity contribution < 1.29 is 4.74 Å². The molecule has 0 N–H and O–H groups in total. The summed E-state index contributed by atoms with van der Waals surface area (Å²) in [4.78, 5) is 0. The molecule has 1 rings (SSSR count). The van der Waals surface area contributed by atoms with Crippen molar-refractivity contribution in [3.63, 3.8) is 0 Å². The standard InChI is InChI=1S/C13H19BrO/c1-11(2)13(8-14)10-15-9-12-6-4-3-5-7-12/h3-7,11,13H,8-10H2,1-2H3/t13-/m0/s1. The molecule has 0 aromatic heterocycles. The summed E-state index contributed by atoms with van der Waals surface area (Å²) in [6.07, 6.45) is 0. The van der Waals surface area contributed by atoms with Crippen LogP contribution in [-0.2, 0) is 11.3 Å². The van der Waals surface area contributed by atoms with Crippen LogP contribution < -0.4 is 0 Å². The van der Waals surface area contributed by atoms with Gasteiger partial charge >= 0.3 is 0 Å². The van der Waals surface area contributed by atoms with Gasteiger partial charge in [-0.3, -0.25) is 0 Å². The van der Waals surface area contributed by atoms with Gasteiger partial charge in [-0.05, 0) is 17.4 Å². The van der Waals surface area contributed by atoms with E-state index in [1.807, 2.05) is 18.2 Å². The molecule has 0 heterocycles. The number of hydrogen-bond acceptors (Lipinski definition) is 1. The zero-order valence-electron chi connectivity index (χ0n) is 9.45. The van der Waals surface area contributed by atoms with E-state index in [0.717, 1.165) is 18.5 Å². The fourth-order valence-electron chi connectivity index (χ4n) is 1.32. The van der Waals surface area contributed by atoms with Crippen molar-refractivity contribution in [2.24, 2.45) is 11.8 Å². The van der Waals surface area contributed by atoms with Gasteiger partial charge in [-0.15, -0.1) is 0 Å². The average molecular weight is 271 g/mol. The normalized spacial score (nSPS) is 13.1. The molecule has 0 radical (unpaired) electrons. The summed E-state index contributed by atoms with van der Waals surface area (Å²) in [5.74, 6) is 1.27. The van der Waals surface area contributed by atoms with E-state index >= 15 is 0 Å². The molecule has 2 heteroatoms. The number of benzene rings is 1. The van der Waals surface area contributed by atoms with Crippen LogP contribution in [0.4, 0.5) is 0 Å². The van der Waals surface area contributed by atoms with Crippen LogP contribution in [0.5, 0.6) is 0 Å². The zero-order valence-corrected chi connectivity index (χ0v) is 11.0. The summed E-state index contributed by atoms with van der Waals surface area (Å²) in [5, 5.41) is 1.01. The van der Waals surface area contributed by atoms with E-state index in [9.17, 15) is 0 Å². The first kappa shape index (κ1) is 12.7. The van der Waals surface area contributed by atoms with E-state index < -0.39 is 0 Å². The van der Waals surface area contributed by atoms with Crippen molar-refractivity contribution in [3.8, 4) is 0 Å². The number of hydrogen-bond donors (Lipinski definition) is 0. The van der Waals surface area contributed by atoms with Gasteiger partial charge in [0.05, 0.1) is 13.2 Å². The SMILES string of the molecule is CC(C)[C@@H](CBr)COCc1ccccc1. The molecular weight excluding hydrogens is 252 g/mol. The Balaban J connectivity index is 2.27. The van der Waals surface area contributed by atoms with Gasteiger partial charge in [-0.2, -0.15) is 0 Å². The smallest absolute Gasteiger partial charge is 0.0717 e. The first-order valence-corrected chi connectivity index (χ1v) is 6.53. The number of rotatable bonds is 6. The van der Waals surface area contributed by atoms with E-state index in [0.29, 0.717) is 11.8 Å². The van der Waals surface area contributed by atoms with E-state index in [4.69, 9.17) is 4.74 Å². The number of halogens is 1. The Morgan fingerprint density at radius 3 is 2.40 bits per heavy atom. The van der Waals surface area contributed by atoms with Crippen molar-refractivity contribution in [2.75, 3.05) is 11.9 Å². The second-order valence-electron chi connectivity index (χ2n) is 4.16. The van der Waals surface area contributed by atoms with Crippen LogP contribution in [0.2, 0.25) is 0 Å². The predicted octanol–water partition coefficient (Wildman–Crippen LogP) is 3.87. The van der Waals surface area contributed by atoms with Crippen LogP contribution in [0.3, 0.4) is 0 Å². The van der Waals surface area contributed by atoms with Crippen LogP contribution in [0.1, 0.15) is 19.4 Å². The lowest BCUT2D eigenvalue weighted by molar-refractivity contribution is 0.0800. The second kappa shape index (κ2) is 7.02. The molecule has 0 unspecified atom stereocenters. The topological polar surface area (TPSA) is 9.23 Å². The van der Waals surface area contributed by atoms with Gasteiger partial charge in [0.15, 0.2) is 0 Å². The minimum Gasteiger partial charge on any atom is -0.376 e. The molecule has 15 heavy (non-hydrogen) atoms. The van der Waals surface area contributed by atoms with Gasteiger partial charge < -0.3 is 4.74 Å². The molecule has 0 bridgehead atoms. The largest absolute Gasteiger partial charge is 0.376 e. The zero-order chi connectivity index (χ0) is 11.1. The van der Waals surface area contributed by atoms with Crippen LogP contribution in [0, 0.1) is 11.8 Å². The molecular formula is C13H19BrO. The summed E-state index contributed by atoms with van der Waals surface area (Å²) in [5.41, 5.74) is 1.24. The highest BCUT2D eigenvalue weighted by molar-refractivity contribution is 9.09. The summed E-state index contributed by atoms with van der Waals surface area (Å²) in [6.45, 7) is 6.02. The molecule has 84 valence electrons. The van der Waals surface area contributed by atoms with Crippen molar-refractivity contribution in [1.29, 1.82) is 0 Å². The Hall–Kier alpha value is -0.340. The summed E-state index contributed by atoms with van der Waals surface area (Å²) in [6, 6.07) is 10.3. The summed E-state index contributed by atoms with van der Waals surface area (Å²) >= 11 is 3.52. The summed E-state index contributed by atoms with van der Waals surface area (Å²) in [7, 11) is 0. The lowest BCUT2D eigenvalue weighted by atomic mass is 9.99. The van der Waals surface area contributed by atoms with Gasteiger partial charge in [0, 0.05) is 5.33 Å². The van der Waals surface area contributed by atoms with Crippen LogP contribution in [0.25, 0.3) is 0 Å². The molecule has 0 amide bonds. The Labute approximate surface area is 101 Å². The molecule has 0 saturated heterocycles. The lowest BCUT2D eigenvalue weighted by Gasteiger charge is -2.17. The Morgan fingerprint density at radius 2 is 1.87 bits per heavy atom. The average Bonchev–Trinajstić information content (AvgIpc) is 2.25. The molecule has 1 aromatic carbocycles. The lowest BCUT2D eigenvalue weighted by Crippen LogP contribution is -2.17. The molecule has 0 spiro atoms. The van der Waals surface area contributed by atoms with Crippen molar-refractivity contribution in [3.05, 3.63) is 35.9 Å². The van der Waals surface area contributed by atoms with Crippen molar-refractivity contribution >= 4 is 15.9 Å². The van der Waals surface area contributed by atoms with E-state index in [-0.39, 0.29) is 0 Å². The van der Waals surface area contributed by atoms with Crippen molar-refractivity contribution in [1.82, 2.24) is 0 Å². The van der Waals surface area contributed by atoms with Gasteiger partial charge in [0.25, 0.3) is 0 Å². The summed E-state index contributed by atoms with van der Waals surface area (Å²) < 4.78 is 5.70. The van der Waals surface area contributed by atoms with Gasteiger partial charge in [0.1, 0.15) is 0 Å². The molecule has 0 aliphatic heterocycles. The predicted molar refractivity (Wildman–Crippen MR) is 68.2 cm³/mol. The highest BCUT2D eigenvalue weighted by Crippen LogP contribution is 2.14. The second-order valence-corrected chi connectivity index (χ2v) is 4.81. The fourth-order valence-corrected chi connectivity index (χ4v) is 2.25. The monoisotopic (exact) mass is 270 g/mol. The molecule has 0 fully saturated rings. The highest BCUT2D eigenvalue weighted by Gasteiger charge is 2.11. The van der Waals surface area contributed by atoms with E-state index in [1.54, 1.807) is 0 Å².